The normalized spacial score (nSPS) is 20.4. The molecule has 0 unspecified atom stereocenters. The van der Waals surface area contributed by atoms with E-state index in [1.807, 2.05) is 0 Å². The van der Waals surface area contributed by atoms with Gasteiger partial charge < -0.3 is 4.74 Å². The van der Waals surface area contributed by atoms with E-state index in [9.17, 15) is 0 Å². The first kappa shape index (κ1) is 12.0. The minimum atomic E-state index is -0.00785. The standard InChI is InChI=1S/C12H25NO/c1-11(2,10-12(3,4)14-5)13-8-6-7-9-13/h6-10H2,1-5H3. The molecule has 0 N–H and O–H groups in total. The van der Waals surface area contributed by atoms with Crippen molar-refractivity contribution in [2.24, 2.45) is 0 Å². The zero-order valence-corrected chi connectivity index (χ0v) is 10.4. The van der Waals surface area contributed by atoms with Gasteiger partial charge in [-0.05, 0) is 60.0 Å². The van der Waals surface area contributed by atoms with Gasteiger partial charge in [-0.2, -0.15) is 0 Å². The van der Waals surface area contributed by atoms with E-state index in [1.165, 1.54) is 25.9 Å². The SMILES string of the molecule is COC(C)(C)CC(C)(C)N1CCCC1. The van der Waals surface area contributed by atoms with Crippen LogP contribution in [0.2, 0.25) is 0 Å². The summed E-state index contributed by atoms with van der Waals surface area (Å²) >= 11 is 0. The third kappa shape index (κ3) is 2.96. The van der Waals surface area contributed by atoms with Crippen molar-refractivity contribution in [1.29, 1.82) is 0 Å². The van der Waals surface area contributed by atoms with Crippen LogP contribution in [0.4, 0.5) is 0 Å². The van der Waals surface area contributed by atoms with Crippen molar-refractivity contribution in [1.82, 2.24) is 4.90 Å². The topological polar surface area (TPSA) is 12.5 Å². The maximum atomic E-state index is 5.51. The molecule has 1 rings (SSSR count). The molecule has 1 saturated heterocycles. The molecule has 0 bridgehead atoms. The summed E-state index contributed by atoms with van der Waals surface area (Å²) in [7, 11) is 1.81. The number of nitrogens with zero attached hydrogens (tertiary/aromatic N) is 1. The van der Waals surface area contributed by atoms with Crippen molar-refractivity contribution >= 4 is 0 Å². The Bertz CT molecular complexity index is 181. The molecule has 0 aliphatic carbocycles. The van der Waals surface area contributed by atoms with Gasteiger partial charge in [0.25, 0.3) is 0 Å². The summed E-state index contributed by atoms with van der Waals surface area (Å²) in [6.07, 6.45) is 3.81. The zero-order chi connectivity index (χ0) is 10.8. The molecular weight excluding hydrogens is 174 g/mol. The van der Waals surface area contributed by atoms with Gasteiger partial charge in [-0.25, -0.2) is 0 Å². The lowest BCUT2D eigenvalue weighted by Crippen LogP contribution is -2.47. The Balaban J connectivity index is 2.55. The Morgan fingerprint density at radius 2 is 1.57 bits per heavy atom. The van der Waals surface area contributed by atoms with E-state index >= 15 is 0 Å². The molecular formula is C12H25NO. The molecule has 0 saturated carbocycles. The lowest BCUT2D eigenvalue weighted by molar-refractivity contribution is -0.0264. The maximum absolute atomic E-state index is 5.51. The summed E-state index contributed by atoms with van der Waals surface area (Å²) < 4.78 is 5.51. The summed E-state index contributed by atoms with van der Waals surface area (Å²) in [4.78, 5) is 2.59. The minimum absolute atomic E-state index is 0.00785. The highest BCUT2D eigenvalue weighted by Gasteiger charge is 2.34. The molecule has 0 radical (unpaired) electrons. The van der Waals surface area contributed by atoms with E-state index in [2.05, 4.69) is 32.6 Å². The van der Waals surface area contributed by atoms with E-state index in [0.29, 0.717) is 0 Å². The van der Waals surface area contributed by atoms with Gasteiger partial charge in [0.1, 0.15) is 0 Å². The Hall–Kier alpha value is -0.0800. The molecule has 1 heterocycles. The molecule has 1 aliphatic rings. The largest absolute Gasteiger partial charge is 0.379 e. The van der Waals surface area contributed by atoms with Gasteiger partial charge in [-0.1, -0.05) is 0 Å². The van der Waals surface area contributed by atoms with Crippen molar-refractivity contribution in [3.63, 3.8) is 0 Å². The lowest BCUT2D eigenvalue weighted by atomic mass is 9.88. The van der Waals surface area contributed by atoms with Crippen LogP contribution in [-0.4, -0.2) is 36.2 Å². The maximum Gasteiger partial charge on any atom is 0.0640 e. The fourth-order valence-corrected chi connectivity index (χ4v) is 2.55. The Morgan fingerprint density at radius 3 is 2.00 bits per heavy atom. The molecule has 2 heteroatoms. The molecule has 14 heavy (non-hydrogen) atoms. The fraction of sp³-hybridized carbons (Fsp3) is 1.00. The Labute approximate surface area is 88.6 Å². The second-order valence-corrected chi connectivity index (χ2v) is 5.65. The van der Waals surface area contributed by atoms with Crippen LogP contribution in [0.25, 0.3) is 0 Å². The number of hydrogen-bond acceptors (Lipinski definition) is 2. The summed E-state index contributed by atoms with van der Waals surface area (Å²) in [6.45, 7) is 11.5. The average molecular weight is 199 g/mol. The molecule has 0 atom stereocenters. The number of rotatable bonds is 4. The summed E-state index contributed by atoms with van der Waals surface area (Å²) in [6, 6.07) is 0. The number of methoxy groups -OCH3 is 1. The molecule has 84 valence electrons. The van der Waals surface area contributed by atoms with Crippen LogP contribution >= 0.6 is 0 Å². The lowest BCUT2D eigenvalue weighted by Gasteiger charge is -2.40. The quantitative estimate of drug-likeness (QED) is 0.690. The van der Waals surface area contributed by atoms with Crippen molar-refractivity contribution in [3.8, 4) is 0 Å². The second kappa shape index (κ2) is 4.19. The highest BCUT2D eigenvalue weighted by Crippen LogP contribution is 2.30. The summed E-state index contributed by atoms with van der Waals surface area (Å²) in [5, 5.41) is 0. The van der Waals surface area contributed by atoms with Crippen LogP contribution in [0.5, 0.6) is 0 Å². The van der Waals surface area contributed by atoms with Gasteiger partial charge in [-0.3, -0.25) is 4.90 Å². The van der Waals surface area contributed by atoms with Crippen LogP contribution in [0.15, 0.2) is 0 Å². The van der Waals surface area contributed by atoms with Gasteiger partial charge in [0.15, 0.2) is 0 Å². The van der Waals surface area contributed by atoms with Crippen molar-refractivity contribution in [3.05, 3.63) is 0 Å². The van der Waals surface area contributed by atoms with Gasteiger partial charge in [-0.15, -0.1) is 0 Å². The predicted octanol–water partition coefficient (Wildman–Crippen LogP) is 2.68. The summed E-state index contributed by atoms with van der Waals surface area (Å²) in [5.41, 5.74) is 0.266. The fourth-order valence-electron chi connectivity index (χ4n) is 2.55. The monoisotopic (exact) mass is 199 g/mol. The Morgan fingerprint density at radius 1 is 1.07 bits per heavy atom. The highest BCUT2D eigenvalue weighted by molar-refractivity contribution is 4.90. The Kier molecular flexibility index (Phi) is 3.59. The first-order valence-electron chi connectivity index (χ1n) is 5.68. The van der Waals surface area contributed by atoms with Gasteiger partial charge in [0.2, 0.25) is 0 Å². The zero-order valence-electron chi connectivity index (χ0n) is 10.4. The van der Waals surface area contributed by atoms with Crippen molar-refractivity contribution in [2.45, 2.75) is 58.1 Å². The van der Waals surface area contributed by atoms with Crippen LogP contribution in [0, 0.1) is 0 Å². The van der Waals surface area contributed by atoms with Gasteiger partial charge >= 0.3 is 0 Å². The number of likely N-dealkylation sites (tertiary alicyclic amines) is 1. The van der Waals surface area contributed by atoms with E-state index in [1.54, 1.807) is 7.11 Å². The van der Waals surface area contributed by atoms with Crippen LogP contribution in [-0.2, 0) is 4.74 Å². The molecule has 1 aliphatic heterocycles. The second-order valence-electron chi connectivity index (χ2n) is 5.65. The smallest absolute Gasteiger partial charge is 0.0640 e. The van der Waals surface area contributed by atoms with Crippen LogP contribution in [0.3, 0.4) is 0 Å². The third-order valence-corrected chi connectivity index (χ3v) is 3.37. The molecule has 0 amide bonds. The predicted molar refractivity (Wildman–Crippen MR) is 60.6 cm³/mol. The van der Waals surface area contributed by atoms with E-state index in [4.69, 9.17) is 4.74 Å². The molecule has 1 fully saturated rings. The third-order valence-electron chi connectivity index (χ3n) is 3.37. The first-order valence-corrected chi connectivity index (χ1v) is 5.68. The highest BCUT2D eigenvalue weighted by atomic mass is 16.5. The van der Waals surface area contributed by atoms with E-state index in [-0.39, 0.29) is 11.1 Å². The molecule has 2 nitrogen and oxygen atoms in total. The van der Waals surface area contributed by atoms with Crippen LogP contribution < -0.4 is 0 Å². The van der Waals surface area contributed by atoms with Crippen molar-refractivity contribution in [2.75, 3.05) is 20.2 Å². The molecule has 0 aromatic heterocycles. The molecule has 0 aromatic carbocycles. The number of hydrogen-bond donors (Lipinski definition) is 0. The number of ether oxygens (including phenoxy) is 1. The van der Waals surface area contributed by atoms with E-state index < -0.39 is 0 Å². The summed E-state index contributed by atoms with van der Waals surface area (Å²) in [5.74, 6) is 0. The molecule has 0 aromatic rings. The first-order chi connectivity index (χ1) is 6.37. The van der Waals surface area contributed by atoms with Gasteiger partial charge in [0, 0.05) is 12.6 Å². The van der Waals surface area contributed by atoms with Crippen molar-refractivity contribution < 1.29 is 4.74 Å². The average Bonchev–Trinajstić information content (AvgIpc) is 2.54. The minimum Gasteiger partial charge on any atom is -0.379 e. The van der Waals surface area contributed by atoms with Crippen LogP contribution in [0.1, 0.15) is 47.0 Å². The van der Waals surface area contributed by atoms with Gasteiger partial charge in [0.05, 0.1) is 5.60 Å². The van der Waals surface area contributed by atoms with E-state index in [0.717, 1.165) is 6.42 Å². The molecule has 0 spiro atoms.